The molecule has 0 aromatic heterocycles. The second kappa shape index (κ2) is 7.07. The van der Waals surface area contributed by atoms with Crippen LogP contribution in [0.5, 0.6) is 0 Å². The van der Waals surface area contributed by atoms with Crippen LogP contribution >= 0.6 is 0 Å². The van der Waals surface area contributed by atoms with Gasteiger partial charge in [0.05, 0.1) is 13.2 Å². The lowest BCUT2D eigenvalue weighted by molar-refractivity contribution is -0.149. The highest BCUT2D eigenvalue weighted by Crippen LogP contribution is 2.27. The Morgan fingerprint density at radius 1 is 1.52 bits per heavy atom. The van der Waals surface area contributed by atoms with Gasteiger partial charge in [0.1, 0.15) is 5.54 Å². The zero-order chi connectivity index (χ0) is 15.5. The molecule has 1 aliphatic carbocycles. The van der Waals surface area contributed by atoms with Crippen LogP contribution in [0.3, 0.4) is 0 Å². The maximum absolute atomic E-state index is 12.2. The Balaban J connectivity index is 1.98. The molecule has 2 aliphatic rings. The third kappa shape index (κ3) is 4.66. The molecule has 5 heteroatoms. The summed E-state index contributed by atoms with van der Waals surface area (Å²) in [5, 5.41) is 3.48. The molecule has 1 saturated heterocycles. The summed E-state index contributed by atoms with van der Waals surface area (Å²) in [4.78, 5) is 14.7. The van der Waals surface area contributed by atoms with E-state index in [-0.39, 0.29) is 12.1 Å². The first kappa shape index (κ1) is 16.7. The van der Waals surface area contributed by atoms with Crippen LogP contribution in [-0.4, -0.2) is 61.4 Å². The van der Waals surface area contributed by atoms with Crippen molar-refractivity contribution in [3.05, 3.63) is 0 Å². The third-order valence-corrected chi connectivity index (χ3v) is 4.55. The molecule has 1 heterocycles. The lowest BCUT2D eigenvalue weighted by Crippen LogP contribution is -2.55. The molecule has 2 fully saturated rings. The minimum atomic E-state index is -0.592. The predicted molar refractivity (Wildman–Crippen MR) is 82.3 cm³/mol. The van der Waals surface area contributed by atoms with Gasteiger partial charge in [-0.3, -0.25) is 15.0 Å². The van der Waals surface area contributed by atoms with Crippen molar-refractivity contribution >= 4 is 5.97 Å². The first-order chi connectivity index (χ1) is 9.94. The highest BCUT2D eigenvalue weighted by molar-refractivity contribution is 5.80. The van der Waals surface area contributed by atoms with E-state index in [0.717, 1.165) is 45.4 Å². The van der Waals surface area contributed by atoms with Crippen LogP contribution in [0.2, 0.25) is 0 Å². The van der Waals surface area contributed by atoms with Gasteiger partial charge in [-0.15, -0.1) is 0 Å². The van der Waals surface area contributed by atoms with Gasteiger partial charge in [-0.1, -0.05) is 0 Å². The molecule has 1 aliphatic heterocycles. The van der Waals surface area contributed by atoms with Crippen molar-refractivity contribution < 1.29 is 14.3 Å². The lowest BCUT2D eigenvalue weighted by atomic mass is 9.92. The Bertz CT molecular complexity index is 359. The Morgan fingerprint density at radius 3 is 2.86 bits per heavy atom. The van der Waals surface area contributed by atoms with E-state index in [1.807, 2.05) is 6.92 Å². The number of hydrogen-bond donors (Lipinski definition) is 1. The molecule has 0 spiro atoms. The van der Waals surface area contributed by atoms with Crippen LogP contribution in [0.25, 0.3) is 0 Å². The van der Waals surface area contributed by atoms with Gasteiger partial charge in [0, 0.05) is 31.8 Å². The number of nitrogens with zero attached hydrogens (tertiary/aromatic N) is 1. The van der Waals surface area contributed by atoms with Gasteiger partial charge in [-0.05, 0) is 46.5 Å². The summed E-state index contributed by atoms with van der Waals surface area (Å²) in [7, 11) is 1.47. The molecule has 5 nitrogen and oxygen atoms in total. The van der Waals surface area contributed by atoms with Crippen LogP contribution < -0.4 is 5.32 Å². The average Bonchev–Trinajstić information content (AvgIpc) is 3.25. The Kier molecular flexibility index (Phi) is 5.63. The van der Waals surface area contributed by atoms with E-state index in [0.29, 0.717) is 12.1 Å². The summed E-state index contributed by atoms with van der Waals surface area (Å²) in [6.45, 7) is 9.10. The van der Waals surface area contributed by atoms with E-state index in [4.69, 9.17) is 9.47 Å². The van der Waals surface area contributed by atoms with Crippen molar-refractivity contribution in [2.24, 2.45) is 0 Å². The smallest absolute Gasteiger partial charge is 0.325 e. The topological polar surface area (TPSA) is 50.8 Å². The average molecular weight is 298 g/mol. The third-order valence-electron chi connectivity index (χ3n) is 4.55. The molecule has 0 aromatic rings. The van der Waals surface area contributed by atoms with E-state index < -0.39 is 5.54 Å². The first-order valence-electron chi connectivity index (χ1n) is 8.16. The van der Waals surface area contributed by atoms with Crippen molar-refractivity contribution in [3.63, 3.8) is 0 Å². The zero-order valence-corrected chi connectivity index (χ0v) is 13.9. The number of carbonyl (C=O) groups excluding carboxylic acids is 1. The van der Waals surface area contributed by atoms with Crippen LogP contribution in [0.15, 0.2) is 0 Å². The van der Waals surface area contributed by atoms with E-state index in [1.54, 1.807) is 0 Å². The summed E-state index contributed by atoms with van der Waals surface area (Å²) >= 11 is 0. The van der Waals surface area contributed by atoms with Gasteiger partial charge in [0.15, 0.2) is 0 Å². The minimum absolute atomic E-state index is 0.152. The lowest BCUT2D eigenvalue weighted by Gasteiger charge is -2.36. The molecular formula is C16H30N2O3. The molecule has 0 aromatic carbocycles. The second-order valence-corrected chi connectivity index (χ2v) is 6.83. The van der Waals surface area contributed by atoms with Crippen molar-refractivity contribution in [2.45, 2.75) is 70.2 Å². The standard InChI is InChI=1S/C16H30N2O3/c1-12(18-8-5-9-21-13(2)11-18)10-16(3,15(19)20-4)17-14-6-7-14/h12-14,17H,5-11H2,1-4H3. The monoisotopic (exact) mass is 298 g/mol. The molecule has 0 amide bonds. The summed E-state index contributed by atoms with van der Waals surface area (Å²) in [5.74, 6) is -0.152. The number of hydrogen-bond acceptors (Lipinski definition) is 5. The van der Waals surface area contributed by atoms with Gasteiger partial charge in [-0.2, -0.15) is 0 Å². The highest BCUT2D eigenvalue weighted by atomic mass is 16.5. The number of esters is 1. The second-order valence-electron chi connectivity index (χ2n) is 6.83. The van der Waals surface area contributed by atoms with E-state index in [9.17, 15) is 4.79 Å². The van der Waals surface area contributed by atoms with Crippen molar-refractivity contribution in [1.29, 1.82) is 0 Å². The molecule has 0 bridgehead atoms. The van der Waals surface area contributed by atoms with Crippen molar-refractivity contribution in [1.82, 2.24) is 10.2 Å². The fourth-order valence-electron chi connectivity index (χ4n) is 3.25. The maximum Gasteiger partial charge on any atom is 0.325 e. The van der Waals surface area contributed by atoms with Gasteiger partial charge in [-0.25, -0.2) is 0 Å². The van der Waals surface area contributed by atoms with E-state index >= 15 is 0 Å². The van der Waals surface area contributed by atoms with Crippen LogP contribution in [-0.2, 0) is 14.3 Å². The Labute approximate surface area is 128 Å². The Morgan fingerprint density at radius 2 is 2.24 bits per heavy atom. The summed E-state index contributed by atoms with van der Waals surface area (Å²) in [6, 6.07) is 0.803. The number of nitrogens with one attached hydrogen (secondary N) is 1. The maximum atomic E-state index is 12.2. The molecule has 2 rings (SSSR count). The quantitative estimate of drug-likeness (QED) is 0.754. The molecule has 1 saturated carbocycles. The summed E-state index contributed by atoms with van der Waals surface area (Å²) in [5.41, 5.74) is -0.592. The van der Waals surface area contributed by atoms with Crippen molar-refractivity contribution in [3.8, 4) is 0 Å². The summed E-state index contributed by atoms with van der Waals surface area (Å²) < 4.78 is 10.7. The number of methoxy groups -OCH3 is 1. The van der Waals surface area contributed by atoms with Crippen LogP contribution in [0, 0.1) is 0 Å². The SMILES string of the molecule is COC(=O)C(C)(CC(C)N1CCCOC(C)C1)NC1CC1. The molecule has 0 radical (unpaired) electrons. The van der Waals surface area contributed by atoms with Gasteiger partial charge in [0.25, 0.3) is 0 Å². The molecule has 3 unspecified atom stereocenters. The predicted octanol–water partition coefficient (Wildman–Crippen LogP) is 1.56. The van der Waals surface area contributed by atoms with Crippen LogP contribution in [0.1, 0.15) is 46.5 Å². The van der Waals surface area contributed by atoms with Crippen molar-refractivity contribution in [2.75, 3.05) is 26.8 Å². The normalized spacial score (nSPS) is 28.5. The van der Waals surface area contributed by atoms with E-state index in [1.165, 1.54) is 7.11 Å². The summed E-state index contributed by atoms with van der Waals surface area (Å²) in [6.07, 6.45) is 4.41. The fourth-order valence-corrected chi connectivity index (χ4v) is 3.25. The van der Waals surface area contributed by atoms with Gasteiger partial charge >= 0.3 is 5.97 Å². The molecule has 3 atom stereocenters. The number of ether oxygens (including phenoxy) is 2. The van der Waals surface area contributed by atoms with E-state index in [2.05, 4.69) is 24.1 Å². The number of carbonyl (C=O) groups is 1. The van der Waals surface area contributed by atoms with Gasteiger partial charge in [0.2, 0.25) is 0 Å². The molecule has 21 heavy (non-hydrogen) atoms. The first-order valence-corrected chi connectivity index (χ1v) is 8.16. The molecular weight excluding hydrogens is 268 g/mol. The van der Waals surface area contributed by atoms with Gasteiger partial charge < -0.3 is 9.47 Å². The largest absolute Gasteiger partial charge is 0.468 e. The molecule has 1 N–H and O–H groups in total. The highest BCUT2D eigenvalue weighted by Gasteiger charge is 2.41. The fraction of sp³-hybridized carbons (Fsp3) is 0.938. The number of rotatable bonds is 6. The zero-order valence-electron chi connectivity index (χ0n) is 13.9. The van der Waals surface area contributed by atoms with Crippen LogP contribution in [0.4, 0.5) is 0 Å². The Hall–Kier alpha value is -0.650. The minimum Gasteiger partial charge on any atom is -0.468 e. The molecule has 122 valence electrons.